The second-order valence-corrected chi connectivity index (χ2v) is 9.49. The number of benzene rings is 2. The molecule has 1 aromatic heterocycles. The first-order chi connectivity index (χ1) is 16.9. The van der Waals surface area contributed by atoms with Gasteiger partial charge < -0.3 is 14.8 Å². The number of carbonyl (C=O) groups is 2. The number of aromatic nitrogens is 2. The molecule has 3 aromatic rings. The maximum Gasteiger partial charge on any atom is 0.307 e. The number of carbonyl (C=O) groups excluding carboxylic acids is 2. The Morgan fingerprint density at radius 3 is 2.60 bits per heavy atom. The van der Waals surface area contributed by atoms with Crippen molar-refractivity contribution in [2.24, 2.45) is 17.8 Å². The van der Waals surface area contributed by atoms with Gasteiger partial charge in [0.25, 0.3) is 5.91 Å². The molecule has 1 amide bonds. The van der Waals surface area contributed by atoms with E-state index in [0.717, 1.165) is 12.8 Å². The lowest BCUT2D eigenvalue weighted by Crippen LogP contribution is -2.40. The SMILES string of the molecule is CCOC(=O)CC(NC(=O)c1ccc(Cl)cc1)C1[C@H]2CC(Oc3ncnc4ccc(F)cc34)C[C@@H]12. The van der Waals surface area contributed by atoms with Crippen molar-refractivity contribution in [3.63, 3.8) is 0 Å². The third-order valence-corrected chi connectivity index (χ3v) is 7.14. The molecule has 2 aliphatic carbocycles. The fourth-order valence-corrected chi connectivity index (χ4v) is 5.45. The van der Waals surface area contributed by atoms with E-state index in [-0.39, 0.29) is 48.8 Å². The maximum atomic E-state index is 13.8. The summed E-state index contributed by atoms with van der Waals surface area (Å²) in [6, 6.07) is 10.6. The van der Waals surface area contributed by atoms with Gasteiger partial charge in [-0.05, 0) is 80.0 Å². The number of esters is 1. The van der Waals surface area contributed by atoms with Crippen molar-refractivity contribution in [2.75, 3.05) is 6.61 Å². The molecule has 0 spiro atoms. The van der Waals surface area contributed by atoms with Crippen LogP contribution in [0.15, 0.2) is 48.8 Å². The predicted octanol–water partition coefficient (Wildman–Crippen LogP) is 4.58. The Morgan fingerprint density at radius 2 is 1.89 bits per heavy atom. The number of nitrogens with one attached hydrogen (secondary N) is 1. The zero-order chi connectivity index (χ0) is 24.5. The molecule has 182 valence electrons. The van der Waals surface area contributed by atoms with Crippen LogP contribution in [-0.4, -0.2) is 40.6 Å². The zero-order valence-electron chi connectivity index (χ0n) is 19.1. The Balaban J connectivity index is 1.25. The highest BCUT2D eigenvalue weighted by atomic mass is 35.5. The Hall–Kier alpha value is -3.26. The van der Waals surface area contributed by atoms with E-state index in [1.807, 2.05) is 0 Å². The molecule has 0 bridgehead atoms. The van der Waals surface area contributed by atoms with Gasteiger partial charge in [-0.3, -0.25) is 9.59 Å². The molecule has 2 aliphatic rings. The summed E-state index contributed by atoms with van der Waals surface area (Å²) < 4.78 is 25.0. The minimum absolute atomic E-state index is 0.0715. The molecule has 9 heteroatoms. The highest BCUT2D eigenvalue weighted by molar-refractivity contribution is 6.30. The summed E-state index contributed by atoms with van der Waals surface area (Å²) in [5.41, 5.74) is 1.11. The van der Waals surface area contributed by atoms with Gasteiger partial charge in [-0.15, -0.1) is 0 Å². The first-order valence-corrected chi connectivity index (χ1v) is 12.1. The lowest BCUT2D eigenvalue weighted by molar-refractivity contribution is -0.143. The van der Waals surface area contributed by atoms with Crippen LogP contribution >= 0.6 is 11.6 Å². The van der Waals surface area contributed by atoms with Gasteiger partial charge in [-0.1, -0.05) is 11.6 Å². The molecule has 0 radical (unpaired) electrons. The van der Waals surface area contributed by atoms with Crippen molar-refractivity contribution in [3.8, 4) is 5.88 Å². The second-order valence-electron chi connectivity index (χ2n) is 9.05. The van der Waals surface area contributed by atoms with E-state index in [2.05, 4.69) is 15.3 Å². The molecule has 2 saturated carbocycles. The van der Waals surface area contributed by atoms with Crippen LogP contribution in [0.25, 0.3) is 10.9 Å². The molecule has 1 N–H and O–H groups in total. The fourth-order valence-electron chi connectivity index (χ4n) is 5.33. The van der Waals surface area contributed by atoms with Gasteiger partial charge >= 0.3 is 5.97 Å². The number of nitrogens with zero attached hydrogens (tertiary/aromatic N) is 2. The first-order valence-electron chi connectivity index (χ1n) is 11.7. The molecule has 2 fully saturated rings. The lowest BCUT2D eigenvalue weighted by Gasteiger charge is -2.23. The van der Waals surface area contributed by atoms with Crippen LogP contribution in [0.2, 0.25) is 5.02 Å². The van der Waals surface area contributed by atoms with Crippen LogP contribution in [0, 0.1) is 23.6 Å². The third kappa shape index (κ3) is 5.07. The summed E-state index contributed by atoms with van der Waals surface area (Å²) in [5, 5.41) is 4.13. The number of amides is 1. The number of fused-ring (bicyclic) bond motifs is 2. The summed E-state index contributed by atoms with van der Waals surface area (Å²) in [6.07, 6.45) is 3.00. The molecule has 0 aliphatic heterocycles. The van der Waals surface area contributed by atoms with Gasteiger partial charge in [0.05, 0.1) is 23.9 Å². The zero-order valence-corrected chi connectivity index (χ0v) is 19.9. The molecule has 5 rings (SSSR count). The van der Waals surface area contributed by atoms with Crippen LogP contribution in [0.1, 0.15) is 36.5 Å². The van der Waals surface area contributed by atoms with Gasteiger partial charge in [-0.2, -0.15) is 0 Å². The van der Waals surface area contributed by atoms with Crippen LogP contribution in [0.5, 0.6) is 5.88 Å². The van der Waals surface area contributed by atoms with E-state index >= 15 is 0 Å². The minimum atomic E-state index is -0.371. The van der Waals surface area contributed by atoms with E-state index in [0.29, 0.717) is 39.2 Å². The Kier molecular flexibility index (Phi) is 6.56. The van der Waals surface area contributed by atoms with Gasteiger partial charge in [-0.25, -0.2) is 14.4 Å². The fraction of sp³-hybridized carbons (Fsp3) is 0.385. The summed E-state index contributed by atoms with van der Waals surface area (Å²) in [7, 11) is 0. The smallest absolute Gasteiger partial charge is 0.307 e. The van der Waals surface area contributed by atoms with Crippen LogP contribution in [-0.2, 0) is 9.53 Å². The quantitative estimate of drug-likeness (QED) is 0.458. The highest BCUT2D eigenvalue weighted by Crippen LogP contribution is 2.60. The van der Waals surface area contributed by atoms with E-state index in [4.69, 9.17) is 21.1 Å². The topological polar surface area (TPSA) is 90.4 Å². The maximum absolute atomic E-state index is 13.8. The van der Waals surface area contributed by atoms with Gasteiger partial charge in [0.15, 0.2) is 0 Å². The lowest BCUT2D eigenvalue weighted by atomic mass is 9.99. The summed E-state index contributed by atoms with van der Waals surface area (Å²) >= 11 is 5.93. The van der Waals surface area contributed by atoms with Crippen molar-refractivity contribution in [1.82, 2.24) is 15.3 Å². The average Bonchev–Trinajstić information content (AvgIpc) is 3.34. The van der Waals surface area contributed by atoms with E-state index in [1.165, 1.54) is 18.5 Å². The van der Waals surface area contributed by atoms with Gasteiger partial charge in [0.2, 0.25) is 5.88 Å². The number of hydrogen-bond donors (Lipinski definition) is 1. The third-order valence-electron chi connectivity index (χ3n) is 6.89. The van der Waals surface area contributed by atoms with Crippen LogP contribution in [0.4, 0.5) is 4.39 Å². The average molecular weight is 498 g/mol. The Morgan fingerprint density at radius 1 is 1.14 bits per heavy atom. The van der Waals surface area contributed by atoms with Crippen molar-refractivity contribution in [2.45, 2.75) is 38.3 Å². The van der Waals surface area contributed by atoms with E-state index in [1.54, 1.807) is 37.3 Å². The van der Waals surface area contributed by atoms with Crippen LogP contribution in [0.3, 0.4) is 0 Å². The molecule has 0 saturated heterocycles. The molecule has 5 atom stereocenters. The minimum Gasteiger partial charge on any atom is -0.474 e. The number of rotatable bonds is 8. The molecule has 1 heterocycles. The monoisotopic (exact) mass is 497 g/mol. The molecular weight excluding hydrogens is 473 g/mol. The molecule has 2 aromatic carbocycles. The van der Waals surface area contributed by atoms with Gasteiger partial charge in [0.1, 0.15) is 18.2 Å². The Labute approximate surface area is 207 Å². The number of halogens is 2. The molecular formula is C26H25ClFN3O4. The molecule has 35 heavy (non-hydrogen) atoms. The largest absolute Gasteiger partial charge is 0.474 e. The Bertz CT molecular complexity index is 1240. The van der Waals surface area contributed by atoms with Crippen molar-refractivity contribution < 1.29 is 23.5 Å². The van der Waals surface area contributed by atoms with Crippen LogP contribution < -0.4 is 10.1 Å². The summed E-state index contributed by atoms with van der Waals surface area (Å²) in [6.45, 7) is 2.05. The predicted molar refractivity (Wildman–Crippen MR) is 128 cm³/mol. The molecule has 3 unspecified atom stereocenters. The van der Waals surface area contributed by atoms with E-state index < -0.39 is 0 Å². The standard InChI is InChI=1S/C26H25ClFN3O4/c1-2-34-23(32)12-22(31-25(33)14-3-5-15(27)6-4-14)24-18-10-17(11-19(18)24)35-26-20-9-16(28)7-8-21(20)29-13-30-26/h3-9,13,17-19,22,24H,2,10-12H2,1H3,(H,31,33)/t17?,18-,19+,22?,24?. The first kappa shape index (κ1) is 23.5. The van der Waals surface area contributed by atoms with Crippen molar-refractivity contribution in [3.05, 3.63) is 65.2 Å². The number of hydrogen-bond acceptors (Lipinski definition) is 6. The molecule has 7 nitrogen and oxygen atoms in total. The van der Waals surface area contributed by atoms with Crippen molar-refractivity contribution in [1.29, 1.82) is 0 Å². The summed E-state index contributed by atoms with van der Waals surface area (Å²) in [4.78, 5) is 33.5. The highest BCUT2D eigenvalue weighted by Gasteiger charge is 2.60. The normalized spacial score (nSPS) is 23.4. The van der Waals surface area contributed by atoms with E-state index in [9.17, 15) is 14.0 Å². The van der Waals surface area contributed by atoms with Gasteiger partial charge in [0, 0.05) is 16.6 Å². The number of ether oxygens (including phenoxy) is 2. The summed E-state index contributed by atoms with van der Waals surface area (Å²) in [5.74, 6) is 0.213. The second kappa shape index (κ2) is 9.77. The van der Waals surface area contributed by atoms with Crippen molar-refractivity contribution >= 4 is 34.4 Å².